The van der Waals surface area contributed by atoms with E-state index in [0.717, 1.165) is 25.9 Å². The van der Waals surface area contributed by atoms with E-state index in [1.807, 2.05) is 4.90 Å². The third-order valence-corrected chi connectivity index (χ3v) is 3.65. The summed E-state index contributed by atoms with van der Waals surface area (Å²) in [6.07, 6.45) is -0.0314. The lowest BCUT2D eigenvalue weighted by Gasteiger charge is -2.28. The highest BCUT2D eigenvalue weighted by Gasteiger charge is 2.34. The largest absolute Gasteiger partial charge is 0.401 e. The molecule has 1 atom stereocenters. The monoisotopic (exact) mass is 278 g/mol. The molecule has 110 valence electrons. The highest BCUT2D eigenvalue weighted by atomic mass is 19.4. The van der Waals surface area contributed by atoms with Crippen LogP contribution in [0.15, 0.2) is 4.99 Å². The molecule has 2 heterocycles. The third-order valence-electron chi connectivity index (χ3n) is 3.65. The van der Waals surface area contributed by atoms with E-state index < -0.39 is 12.7 Å². The standard InChI is InChI=1S/C12H21F3N4/c13-12(14,15)9-18-7-4-10(8-18)17-11(16)19-5-2-1-3-6-19/h10H,1-9H2,(H2,16,17)/t10-/m0/s1. The molecule has 0 aromatic rings. The minimum absolute atomic E-state index is 0.0933. The van der Waals surface area contributed by atoms with Gasteiger partial charge < -0.3 is 10.6 Å². The van der Waals surface area contributed by atoms with Gasteiger partial charge in [-0.1, -0.05) is 0 Å². The molecule has 7 heteroatoms. The SMILES string of the molecule is NC(=N[C@H]1CCN(CC(F)(F)F)C1)N1CCCCC1. The van der Waals surface area contributed by atoms with Crippen molar-refractivity contribution in [1.82, 2.24) is 9.80 Å². The van der Waals surface area contributed by atoms with Gasteiger partial charge in [-0.05, 0) is 25.7 Å². The van der Waals surface area contributed by atoms with E-state index in [-0.39, 0.29) is 6.04 Å². The molecule has 0 aromatic heterocycles. The van der Waals surface area contributed by atoms with Gasteiger partial charge >= 0.3 is 6.18 Å². The summed E-state index contributed by atoms with van der Waals surface area (Å²) < 4.78 is 36.8. The summed E-state index contributed by atoms with van der Waals surface area (Å²) in [5.41, 5.74) is 5.94. The van der Waals surface area contributed by atoms with Gasteiger partial charge in [0.25, 0.3) is 0 Å². The van der Waals surface area contributed by atoms with Crippen molar-refractivity contribution in [3.63, 3.8) is 0 Å². The Bertz CT molecular complexity index is 323. The molecule has 0 saturated carbocycles. The van der Waals surface area contributed by atoms with Crippen LogP contribution in [0.1, 0.15) is 25.7 Å². The number of likely N-dealkylation sites (tertiary alicyclic amines) is 2. The molecule has 2 fully saturated rings. The molecule has 0 aliphatic carbocycles. The van der Waals surface area contributed by atoms with Crippen molar-refractivity contribution in [3.05, 3.63) is 0 Å². The summed E-state index contributed by atoms with van der Waals surface area (Å²) in [6, 6.07) is -0.0933. The highest BCUT2D eigenvalue weighted by Crippen LogP contribution is 2.21. The number of nitrogens with zero attached hydrogens (tertiary/aromatic N) is 3. The Kier molecular flexibility index (Phi) is 4.54. The molecule has 19 heavy (non-hydrogen) atoms. The van der Waals surface area contributed by atoms with Crippen LogP contribution in [-0.2, 0) is 0 Å². The number of hydrogen-bond donors (Lipinski definition) is 1. The molecule has 2 rings (SSSR count). The molecule has 0 amide bonds. The lowest BCUT2D eigenvalue weighted by atomic mass is 10.1. The second-order valence-electron chi connectivity index (χ2n) is 5.33. The summed E-state index contributed by atoms with van der Waals surface area (Å²) >= 11 is 0. The van der Waals surface area contributed by atoms with Gasteiger partial charge in [0.1, 0.15) is 0 Å². The maximum Gasteiger partial charge on any atom is 0.401 e. The zero-order valence-electron chi connectivity index (χ0n) is 11.0. The summed E-state index contributed by atoms with van der Waals surface area (Å²) in [5, 5.41) is 0. The Balaban J connectivity index is 1.83. The molecule has 2 saturated heterocycles. The van der Waals surface area contributed by atoms with Crippen LogP contribution in [-0.4, -0.2) is 60.7 Å². The summed E-state index contributed by atoms with van der Waals surface area (Å²) in [4.78, 5) is 7.83. The molecular formula is C12H21F3N4. The van der Waals surface area contributed by atoms with Crippen LogP contribution in [0.2, 0.25) is 0 Å². The van der Waals surface area contributed by atoms with Crippen molar-refractivity contribution in [2.24, 2.45) is 10.7 Å². The van der Waals surface area contributed by atoms with Gasteiger partial charge in [-0.2, -0.15) is 13.2 Å². The summed E-state index contributed by atoms with van der Waals surface area (Å²) in [5.74, 6) is 0.499. The van der Waals surface area contributed by atoms with Crippen molar-refractivity contribution < 1.29 is 13.2 Å². The minimum Gasteiger partial charge on any atom is -0.370 e. The zero-order valence-corrected chi connectivity index (χ0v) is 11.0. The van der Waals surface area contributed by atoms with Crippen molar-refractivity contribution in [3.8, 4) is 0 Å². The van der Waals surface area contributed by atoms with Crippen molar-refractivity contribution in [1.29, 1.82) is 0 Å². The van der Waals surface area contributed by atoms with Crippen LogP contribution in [0.5, 0.6) is 0 Å². The molecule has 2 N–H and O–H groups in total. The molecule has 0 unspecified atom stereocenters. The molecule has 0 spiro atoms. The minimum atomic E-state index is -4.13. The number of nitrogens with two attached hydrogens (primary N) is 1. The van der Waals surface area contributed by atoms with Crippen molar-refractivity contribution in [2.75, 3.05) is 32.7 Å². The maximum absolute atomic E-state index is 12.3. The fourth-order valence-electron chi connectivity index (χ4n) is 2.71. The number of aliphatic imine (C=N–C) groups is 1. The zero-order chi connectivity index (χ0) is 13.9. The maximum atomic E-state index is 12.3. The number of halogens is 3. The van der Waals surface area contributed by atoms with E-state index >= 15 is 0 Å². The van der Waals surface area contributed by atoms with Crippen LogP contribution in [0.25, 0.3) is 0 Å². The van der Waals surface area contributed by atoms with E-state index in [1.54, 1.807) is 0 Å². The van der Waals surface area contributed by atoms with Crippen LogP contribution in [0, 0.1) is 0 Å². The van der Waals surface area contributed by atoms with Crippen LogP contribution in [0.4, 0.5) is 13.2 Å². The van der Waals surface area contributed by atoms with E-state index in [2.05, 4.69) is 4.99 Å². The summed E-state index contributed by atoms with van der Waals surface area (Å²) in [7, 11) is 0. The molecule has 2 aliphatic heterocycles. The van der Waals surface area contributed by atoms with Crippen LogP contribution in [0.3, 0.4) is 0 Å². The van der Waals surface area contributed by atoms with E-state index in [1.165, 1.54) is 11.3 Å². The summed E-state index contributed by atoms with van der Waals surface area (Å²) in [6.45, 7) is 1.78. The molecule has 4 nitrogen and oxygen atoms in total. The normalized spacial score (nSPS) is 27.0. The van der Waals surface area contributed by atoms with Gasteiger partial charge in [-0.25, -0.2) is 4.99 Å². The van der Waals surface area contributed by atoms with Gasteiger partial charge in [0, 0.05) is 26.2 Å². The number of guanidine groups is 1. The third kappa shape index (κ3) is 4.56. The quantitative estimate of drug-likeness (QED) is 0.614. The first kappa shape index (κ1) is 14.4. The van der Waals surface area contributed by atoms with E-state index in [9.17, 15) is 13.2 Å². The van der Waals surface area contributed by atoms with Gasteiger partial charge in [-0.15, -0.1) is 0 Å². The van der Waals surface area contributed by atoms with E-state index in [4.69, 9.17) is 5.73 Å². The van der Waals surface area contributed by atoms with E-state index in [0.29, 0.717) is 25.5 Å². The predicted molar refractivity (Wildman–Crippen MR) is 67.9 cm³/mol. The second-order valence-corrected chi connectivity index (χ2v) is 5.33. The number of alkyl halides is 3. The Labute approximate surface area is 111 Å². The first-order valence-electron chi connectivity index (χ1n) is 6.81. The molecule has 0 radical (unpaired) electrons. The second kappa shape index (κ2) is 5.98. The smallest absolute Gasteiger partial charge is 0.370 e. The molecule has 0 aromatic carbocycles. The van der Waals surface area contributed by atoms with Crippen LogP contribution >= 0.6 is 0 Å². The van der Waals surface area contributed by atoms with Gasteiger partial charge in [0.05, 0.1) is 12.6 Å². The average Bonchev–Trinajstić information content (AvgIpc) is 2.75. The first-order chi connectivity index (χ1) is 8.94. The highest BCUT2D eigenvalue weighted by molar-refractivity contribution is 5.78. The van der Waals surface area contributed by atoms with Crippen molar-refractivity contribution >= 4 is 5.96 Å². The van der Waals surface area contributed by atoms with Gasteiger partial charge in [0.15, 0.2) is 5.96 Å². The Morgan fingerprint density at radius 3 is 2.47 bits per heavy atom. The topological polar surface area (TPSA) is 44.9 Å². The number of rotatable bonds is 2. The molecule has 0 bridgehead atoms. The lowest BCUT2D eigenvalue weighted by Crippen LogP contribution is -2.41. The fraction of sp³-hybridized carbons (Fsp3) is 0.917. The predicted octanol–water partition coefficient (Wildman–Crippen LogP) is 1.42. The molecular weight excluding hydrogens is 257 g/mol. The number of piperidine rings is 1. The molecule has 2 aliphatic rings. The first-order valence-corrected chi connectivity index (χ1v) is 6.81. The lowest BCUT2D eigenvalue weighted by molar-refractivity contribution is -0.143. The average molecular weight is 278 g/mol. The van der Waals surface area contributed by atoms with Crippen molar-refractivity contribution in [2.45, 2.75) is 37.9 Å². The number of hydrogen-bond acceptors (Lipinski definition) is 2. The fourth-order valence-corrected chi connectivity index (χ4v) is 2.71. The van der Waals surface area contributed by atoms with Crippen LogP contribution < -0.4 is 5.73 Å². The Morgan fingerprint density at radius 2 is 1.84 bits per heavy atom. The Hall–Kier alpha value is -0.980. The van der Waals surface area contributed by atoms with Gasteiger partial charge in [-0.3, -0.25) is 4.90 Å². The Morgan fingerprint density at radius 1 is 1.16 bits per heavy atom. The van der Waals surface area contributed by atoms with Gasteiger partial charge in [0.2, 0.25) is 0 Å².